The Bertz CT molecular complexity index is 506. The summed E-state index contributed by atoms with van der Waals surface area (Å²) in [5.74, 6) is 4.57. The monoisotopic (exact) mass is 232 g/mol. The number of hydrogen-bond acceptors (Lipinski definition) is 4. The van der Waals surface area contributed by atoms with Gasteiger partial charge >= 0.3 is 5.97 Å². The molecule has 0 fully saturated rings. The van der Waals surface area contributed by atoms with Crippen LogP contribution in [0.25, 0.3) is 0 Å². The number of ketones is 1. The molecule has 0 aliphatic heterocycles. The molecule has 1 N–H and O–H groups in total. The van der Waals surface area contributed by atoms with Gasteiger partial charge in [-0.05, 0) is 25.1 Å². The number of esters is 1. The van der Waals surface area contributed by atoms with Gasteiger partial charge in [0.25, 0.3) is 0 Å². The lowest BCUT2D eigenvalue weighted by Gasteiger charge is -2.00. The number of carbonyl (C=O) groups is 2. The standard InChI is InChI=1S/C13H12O4/c1-9(14)11-7-6-10(8-12(11)15)4-3-5-13(16)17-2/h6-8,15H,5H2,1-2H3. The fourth-order valence-electron chi connectivity index (χ4n) is 1.20. The van der Waals surface area contributed by atoms with E-state index in [1.807, 2.05) is 0 Å². The van der Waals surface area contributed by atoms with Crippen LogP contribution >= 0.6 is 0 Å². The third kappa shape index (κ3) is 3.65. The number of hydrogen-bond donors (Lipinski definition) is 1. The van der Waals surface area contributed by atoms with Crippen molar-refractivity contribution in [2.24, 2.45) is 0 Å². The number of benzene rings is 1. The molecule has 4 nitrogen and oxygen atoms in total. The molecule has 0 saturated carbocycles. The zero-order valence-electron chi connectivity index (χ0n) is 9.61. The van der Waals surface area contributed by atoms with E-state index in [-0.39, 0.29) is 23.5 Å². The first-order chi connectivity index (χ1) is 8.04. The highest BCUT2D eigenvalue weighted by Gasteiger charge is 2.05. The fourth-order valence-corrected chi connectivity index (χ4v) is 1.20. The third-order valence-electron chi connectivity index (χ3n) is 2.07. The summed E-state index contributed by atoms with van der Waals surface area (Å²) in [5, 5.41) is 9.54. The Morgan fingerprint density at radius 3 is 2.65 bits per heavy atom. The number of Topliss-reactive ketones (excluding diaryl/α,β-unsaturated/α-hetero) is 1. The zero-order chi connectivity index (χ0) is 12.8. The predicted octanol–water partition coefficient (Wildman–Crippen LogP) is 1.51. The van der Waals surface area contributed by atoms with Gasteiger partial charge in [-0.1, -0.05) is 11.8 Å². The minimum Gasteiger partial charge on any atom is -0.507 e. The second-order valence-electron chi connectivity index (χ2n) is 3.34. The van der Waals surface area contributed by atoms with E-state index in [1.165, 1.54) is 26.2 Å². The van der Waals surface area contributed by atoms with E-state index >= 15 is 0 Å². The molecule has 0 aromatic heterocycles. The summed E-state index contributed by atoms with van der Waals surface area (Å²) >= 11 is 0. The Labute approximate surface area is 99.2 Å². The van der Waals surface area contributed by atoms with Gasteiger partial charge in [0.15, 0.2) is 5.78 Å². The van der Waals surface area contributed by atoms with Crippen molar-refractivity contribution in [1.82, 2.24) is 0 Å². The summed E-state index contributed by atoms with van der Waals surface area (Å²) in [7, 11) is 1.29. The Balaban J connectivity index is 2.84. The van der Waals surface area contributed by atoms with Crippen molar-refractivity contribution in [1.29, 1.82) is 0 Å². The topological polar surface area (TPSA) is 63.6 Å². The summed E-state index contributed by atoms with van der Waals surface area (Å²) in [6.07, 6.45) is -0.00821. The highest BCUT2D eigenvalue weighted by atomic mass is 16.5. The Kier molecular flexibility index (Phi) is 4.29. The van der Waals surface area contributed by atoms with E-state index in [9.17, 15) is 14.7 Å². The molecule has 0 unspecified atom stereocenters. The van der Waals surface area contributed by atoms with Crippen molar-refractivity contribution < 1.29 is 19.4 Å². The molecule has 0 amide bonds. The number of methoxy groups -OCH3 is 1. The molecule has 4 heteroatoms. The Morgan fingerprint density at radius 2 is 2.12 bits per heavy atom. The molecule has 0 aliphatic rings. The first-order valence-electron chi connectivity index (χ1n) is 4.94. The van der Waals surface area contributed by atoms with Crippen LogP contribution in [0.5, 0.6) is 5.75 Å². The van der Waals surface area contributed by atoms with Crippen molar-refractivity contribution >= 4 is 11.8 Å². The molecule has 0 radical (unpaired) electrons. The number of carbonyl (C=O) groups excluding carboxylic acids is 2. The van der Waals surface area contributed by atoms with Gasteiger partial charge in [0, 0.05) is 5.56 Å². The maximum atomic E-state index is 11.1. The van der Waals surface area contributed by atoms with Gasteiger partial charge in [0.2, 0.25) is 0 Å². The summed E-state index contributed by atoms with van der Waals surface area (Å²) in [6, 6.07) is 4.50. The quantitative estimate of drug-likeness (QED) is 0.477. The Morgan fingerprint density at radius 1 is 1.41 bits per heavy atom. The molecule has 1 aromatic carbocycles. The molecule has 17 heavy (non-hydrogen) atoms. The molecule has 0 atom stereocenters. The second-order valence-corrected chi connectivity index (χ2v) is 3.34. The van der Waals surface area contributed by atoms with Gasteiger partial charge < -0.3 is 9.84 Å². The first-order valence-corrected chi connectivity index (χ1v) is 4.94. The minimum atomic E-state index is -0.415. The van der Waals surface area contributed by atoms with Gasteiger partial charge in [-0.2, -0.15) is 0 Å². The van der Waals surface area contributed by atoms with E-state index < -0.39 is 5.97 Å². The fraction of sp³-hybridized carbons (Fsp3) is 0.231. The molecule has 1 rings (SSSR count). The van der Waals surface area contributed by atoms with Gasteiger partial charge in [-0.15, -0.1) is 0 Å². The van der Waals surface area contributed by atoms with Crippen LogP contribution in [0.1, 0.15) is 29.3 Å². The summed E-state index contributed by atoms with van der Waals surface area (Å²) in [6.45, 7) is 1.37. The highest BCUT2D eigenvalue weighted by molar-refractivity contribution is 5.96. The van der Waals surface area contributed by atoms with Crippen LogP contribution in [-0.2, 0) is 9.53 Å². The zero-order valence-corrected chi connectivity index (χ0v) is 9.61. The molecule has 0 saturated heterocycles. The molecule has 0 heterocycles. The number of aromatic hydroxyl groups is 1. The van der Waals surface area contributed by atoms with Crippen molar-refractivity contribution in [3.05, 3.63) is 29.3 Å². The van der Waals surface area contributed by atoms with E-state index in [0.717, 1.165) is 0 Å². The normalized spacial score (nSPS) is 9.06. The summed E-state index contributed by atoms with van der Waals surface area (Å²) in [5.41, 5.74) is 0.792. The number of phenolic OH excluding ortho intramolecular Hbond substituents is 1. The second kappa shape index (κ2) is 5.71. The smallest absolute Gasteiger partial charge is 0.317 e. The molecule has 1 aromatic rings. The van der Waals surface area contributed by atoms with E-state index in [1.54, 1.807) is 6.07 Å². The van der Waals surface area contributed by atoms with Crippen molar-refractivity contribution in [3.8, 4) is 17.6 Å². The van der Waals surface area contributed by atoms with Gasteiger partial charge in [-0.3, -0.25) is 9.59 Å². The Hall–Kier alpha value is -2.28. The molecule has 0 spiro atoms. The maximum Gasteiger partial charge on any atom is 0.317 e. The largest absolute Gasteiger partial charge is 0.507 e. The van der Waals surface area contributed by atoms with Crippen molar-refractivity contribution in [3.63, 3.8) is 0 Å². The van der Waals surface area contributed by atoms with E-state index in [2.05, 4.69) is 16.6 Å². The lowest BCUT2D eigenvalue weighted by Crippen LogP contribution is -1.97. The maximum absolute atomic E-state index is 11.1. The van der Waals surface area contributed by atoms with Crippen LogP contribution < -0.4 is 0 Å². The molecule has 88 valence electrons. The number of phenols is 1. The van der Waals surface area contributed by atoms with Crippen LogP contribution in [0.2, 0.25) is 0 Å². The SMILES string of the molecule is COC(=O)CC#Cc1ccc(C(C)=O)c(O)c1. The highest BCUT2D eigenvalue weighted by Crippen LogP contribution is 2.18. The summed E-state index contributed by atoms with van der Waals surface area (Å²) < 4.78 is 4.43. The molecular formula is C13H12O4. The summed E-state index contributed by atoms with van der Waals surface area (Å²) in [4.78, 5) is 21.9. The van der Waals surface area contributed by atoms with Crippen LogP contribution in [0.15, 0.2) is 18.2 Å². The van der Waals surface area contributed by atoms with E-state index in [0.29, 0.717) is 5.56 Å². The van der Waals surface area contributed by atoms with Crippen LogP contribution in [-0.4, -0.2) is 24.0 Å². The van der Waals surface area contributed by atoms with Crippen molar-refractivity contribution in [2.45, 2.75) is 13.3 Å². The lowest BCUT2D eigenvalue weighted by molar-refractivity contribution is -0.139. The van der Waals surface area contributed by atoms with Crippen molar-refractivity contribution in [2.75, 3.05) is 7.11 Å². The molecule has 0 aliphatic carbocycles. The average Bonchev–Trinajstić information content (AvgIpc) is 2.28. The molecular weight excluding hydrogens is 220 g/mol. The lowest BCUT2D eigenvalue weighted by atomic mass is 10.1. The van der Waals surface area contributed by atoms with Gasteiger partial charge in [0.05, 0.1) is 12.7 Å². The van der Waals surface area contributed by atoms with Gasteiger partial charge in [0.1, 0.15) is 12.2 Å². The van der Waals surface area contributed by atoms with Crippen LogP contribution in [0.4, 0.5) is 0 Å². The molecule has 0 bridgehead atoms. The first kappa shape index (κ1) is 12.8. The van der Waals surface area contributed by atoms with E-state index in [4.69, 9.17) is 0 Å². The van der Waals surface area contributed by atoms with Crippen LogP contribution in [0, 0.1) is 11.8 Å². The predicted molar refractivity (Wildman–Crippen MR) is 61.6 cm³/mol. The minimum absolute atomic E-state index is 0.00821. The average molecular weight is 232 g/mol. The number of ether oxygens (including phenoxy) is 1. The third-order valence-corrected chi connectivity index (χ3v) is 2.07. The number of rotatable bonds is 2. The van der Waals surface area contributed by atoms with Crippen LogP contribution in [0.3, 0.4) is 0 Å². The van der Waals surface area contributed by atoms with Gasteiger partial charge in [-0.25, -0.2) is 0 Å².